The van der Waals surface area contributed by atoms with Gasteiger partial charge in [-0.25, -0.2) is 8.42 Å². The molecular weight excluding hydrogens is 224 g/mol. The van der Waals surface area contributed by atoms with E-state index in [1.165, 1.54) is 12.4 Å². The molecule has 0 saturated carbocycles. The van der Waals surface area contributed by atoms with Crippen molar-refractivity contribution in [1.29, 1.82) is 0 Å². The van der Waals surface area contributed by atoms with Gasteiger partial charge in [-0.2, -0.15) is 0 Å². The van der Waals surface area contributed by atoms with Crippen LogP contribution in [-0.2, 0) is 9.84 Å². The molecule has 0 amide bonds. The van der Waals surface area contributed by atoms with Crippen molar-refractivity contribution in [3.05, 3.63) is 24.5 Å². The van der Waals surface area contributed by atoms with Crippen LogP contribution in [0.1, 0.15) is 12.8 Å². The molecule has 2 rings (SSSR count). The molecule has 5 heteroatoms. The lowest BCUT2D eigenvalue weighted by atomic mass is 10.0. The summed E-state index contributed by atoms with van der Waals surface area (Å²) in [5, 5.41) is 3.23. The summed E-state index contributed by atoms with van der Waals surface area (Å²) >= 11 is 0. The van der Waals surface area contributed by atoms with Crippen LogP contribution in [0.15, 0.2) is 29.4 Å². The summed E-state index contributed by atoms with van der Waals surface area (Å²) in [5.74, 6) is 0.483. The Bertz CT molecular complexity index is 425. The maximum atomic E-state index is 12.0. The van der Waals surface area contributed by atoms with Crippen molar-refractivity contribution < 1.29 is 8.42 Å². The first kappa shape index (κ1) is 11.5. The molecule has 1 aliphatic heterocycles. The molecule has 88 valence electrons. The van der Waals surface area contributed by atoms with Gasteiger partial charge in [0.15, 0.2) is 9.84 Å². The summed E-state index contributed by atoms with van der Waals surface area (Å²) < 4.78 is 24.1. The third-order valence-corrected chi connectivity index (χ3v) is 4.76. The summed E-state index contributed by atoms with van der Waals surface area (Å²) in [6.45, 7) is 1.82. The summed E-state index contributed by atoms with van der Waals surface area (Å²) in [5.41, 5.74) is 0. The van der Waals surface area contributed by atoms with E-state index in [2.05, 4.69) is 10.3 Å². The molecule has 1 N–H and O–H groups in total. The fourth-order valence-corrected chi connectivity index (χ4v) is 3.65. The van der Waals surface area contributed by atoms with Crippen LogP contribution in [0.25, 0.3) is 0 Å². The topological polar surface area (TPSA) is 59.1 Å². The summed E-state index contributed by atoms with van der Waals surface area (Å²) in [4.78, 5) is 4.21. The van der Waals surface area contributed by atoms with Gasteiger partial charge >= 0.3 is 0 Å². The number of sulfone groups is 1. The van der Waals surface area contributed by atoms with Gasteiger partial charge in [-0.15, -0.1) is 0 Å². The Morgan fingerprint density at radius 3 is 2.75 bits per heavy atom. The molecule has 4 nitrogen and oxygen atoms in total. The van der Waals surface area contributed by atoms with Crippen LogP contribution in [0, 0.1) is 5.92 Å². The number of pyridine rings is 1. The van der Waals surface area contributed by atoms with E-state index in [9.17, 15) is 8.42 Å². The van der Waals surface area contributed by atoms with E-state index in [1.54, 1.807) is 12.1 Å². The van der Waals surface area contributed by atoms with Crippen molar-refractivity contribution in [2.75, 3.05) is 18.8 Å². The van der Waals surface area contributed by atoms with Crippen LogP contribution in [0.4, 0.5) is 0 Å². The quantitative estimate of drug-likeness (QED) is 0.851. The monoisotopic (exact) mass is 240 g/mol. The van der Waals surface area contributed by atoms with Crippen molar-refractivity contribution in [3.63, 3.8) is 0 Å². The number of hydrogen-bond donors (Lipinski definition) is 1. The van der Waals surface area contributed by atoms with Crippen LogP contribution >= 0.6 is 0 Å². The molecule has 1 aromatic rings. The average molecular weight is 240 g/mol. The smallest absolute Gasteiger partial charge is 0.178 e. The second-order valence-corrected chi connectivity index (χ2v) is 6.21. The molecular formula is C11H16N2O2S. The molecule has 0 spiro atoms. The van der Waals surface area contributed by atoms with Gasteiger partial charge in [0.05, 0.1) is 10.6 Å². The zero-order valence-corrected chi connectivity index (χ0v) is 9.91. The number of aromatic nitrogens is 1. The average Bonchev–Trinajstić information content (AvgIpc) is 2.31. The van der Waals surface area contributed by atoms with E-state index < -0.39 is 9.84 Å². The number of piperidine rings is 1. The second-order valence-electron chi connectivity index (χ2n) is 4.18. The number of rotatable bonds is 3. The fourth-order valence-electron chi connectivity index (χ4n) is 2.02. The van der Waals surface area contributed by atoms with Crippen molar-refractivity contribution in [2.24, 2.45) is 5.92 Å². The summed E-state index contributed by atoms with van der Waals surface area (Å²) in [7, 11) is -3.14. The summed E-state index contributed by atoms with van der Waals surface area (Å²) in [6.07, 6.45) is 5.10. The van der Waals surface area contributed by atoms with Crippen molar-refractivity contribution >= 4 is 9.84 Å². The Balaban J connectivity index is 2.08. The van der Waals surface area contributed by atoms with E-state index in [-0.39, 0.29) is 11.7 Å². The molecule has 16 heavy (non-hydrogen) atoms. The standard InChI is InChI=1S/C11H16N2O2S/c14-16(15,11-3-6-12-7-4-11)9-10-2-1-5-13-8-10/h3-4,6-7,10,13H,1-2,5,8-9H2/t10-/m1/s1. The normalized spacial score (nSPS) is 21.9. The molecule has 1 atom stereocenters. The van der Waals surface area contributed by atoms with Gasteiger partial charge in [0.1, 0.15) is 0 Å². The number of nitrogens with zero attached hydrogens (tertiary/aromatic N) is 1. The first-order chi connectivity index (χ1) is 7.68. The Morgan fingerprint density at radius 1 is 1.38 bits per heavy atom. The highest BCUT2D eigenvalue weighted by atomic mass is 32.2. The molecule has 1 fully saturated rings. The largest absolute Gasteiger partial charge is 0.316 e. The zero-order valence-electron chi connectivity index (χ0n) is 9.09. The van der Waals surface area contributed by atoms with Crippen LogP contribution < -0.4 is 5.32 Å². The van der Waals surface area contributed by atoms with Gasteiger partial charge in [-0.05, 0) is 44.0 Å². The van der Waals surface area contributed by atoms with Gasteiger partial charge in [0.25, 0.3) is 0 Å². The first-order valence-electron chi connectivity index (χ1n) is 5.52. The molecule has 0 aliphatic carbocycles. The van der Waals surface area contributed by atoms with Crippen molar-refractivity contribution in [2.45, 2.75) is 17.7 Å². The Morgan fingerprint density at radius 2 is 2.12 bits per heavy atom. The SMILES string of the molecule is O=S(=O)(C[C@@H]1CCCNC1)c1ccncc1. The van der Waals surface area contributed by atoms with Gasteiger partial charge in [0.2, 0.25) is 0 Å². The van der Waals surface area contributed by atoms with E-state index in [1.807, 2.05) is 0 Å². The van der Waals surface area contributed by atoms with Crippen LogP contribution in [-0.4, -0.2) is 32.2 Å². The van der Waals surface area contributed by atoms with E-state index in [0.717, 1.165) is 25.9 Å². The molecule has 0 unspecified atom stereocenters. The molecule has 0 bridgehead atoms. The van der Waals surface area contributed by atoms with Crippen molar-refractivity contribution in [3.8, 4) is 0 Å². The maximum absolute atomic E-state index is 12.0. The van der Waals surface area contributed by atoms with E-state index >= 15 is 0 Å². The van der Waals surface area contributed by atoms with Crippen LogP contribution in [0.2, 0.25) is 0 Å². The minimum absolute atomic E-state index is 0.240. The predicted octanol–water partition coefficient (Wildman–Crippen LogP) is 0.855. The summed E-state index contributed by atoms with van der Waals surface area (Å²) in [6, 6.07) is 3.12. The molecule has 0 aromatic carbocycles. The Labute approximate surface area is 96.0 Å². The third kappa shape index (κ3) is 2.80. The molecule has 0 radical (unpaired) electrons. The van der Waals surface area contributed by atoms with Gasteiger partial charge in [0, 0.05) is 12.4 Å². The third-order valence-electron chi connectivity index (χ3n) is 2.86. The van der Waals surface area contributed by atoms with Gasteiger partial charge in [-0.1, -0.05) is 0 Å². The van der Waals surface area contributed by atoms with Gasteiger partial charge in [-0.3, -0.25) is 4.98 Å². The van der Waals surface area contributed by atoms with E-state index in [4.69, 9.17) is 0 Å². The highest BCUT2D eigenvalue weighted by molar-refractivity contribution is 7.91. The minimum atomic E-state index is -3.14. The molecule has 1 aliphatic rings. The second kappa shape index (κ2) is 4.93. The predicted molar refractivity (Wildman–Crippen MR) is 61.9 cm³/mol. The molecule has 2 heterocycles. The lowest BCUT2D eigenvalue weighted by Gasteiger charge is -2.22. The zero-order chi connectivity index (χ0) is 11.4. The van der Waals surface area contributed by atoms with Gasteiger partial charge < -0.3 is 5.32 Å². The minimum Gasteiger partial charge on any atom is -0.316 e. The van der Waals surface area contributed by atoms with Crippen LogP contribution in [0.3, 0.4) is 0 Å². The lowest BCUT2D eigenvalue weighted by molar-refractivity contribution is 0.404. The number of hydrogen-bond acceptors (Lipinski definition) is 4. The highest BCUT2D eigenvalue weighted by Crippen LogP contribution is 2.17. The Kier molecular flexibility index (Phi) is 3.56. The van der Waals surface area contributed by atoms with Crippen LogP contribution in [0.5, 0.6) is 0 Å². The lowest BCUT2D eigenvalue weighted by Crippen LogP contribution is -2.33. The first-order valence-corrected chi connectivity index (χ1v) is 7.17. The maximum Gasteiger partial charge on any atom is 0.178 e. The van der Waals surface area contributed by atoms with E-state index in [0.29, 0.717) is 4.90 Å². The molecule has 1 saturated heterocycles. The molecule has 1 aromatic heterocycles. The Hall–Kier alpha value is -0.940. The number of nitrogens with one attached hydrogen (secondary N) is 1. The van der Waals surface area contributed by atoms with Crippen molar-refractivity contribution in [1.82, 2.24) is 10.3 Å². The highest BCUT2D eigenvalue weighted by Gasteiger charge is 2.22. The fraction of sp³-hybridized carbons (Fsp3) is 0.545.